The molecular formula is C12H8F2O5. The summed E-state index contributed by atoms with van der Waals surface area (Å²) in [5, 5.41) is 0. The van der Waals surface area contributed by atoms with Gasteiger partial charge >= 0.3 is 11.9 Å². The van der Waals surface area contributed by atoms with E-state index in [1.807, 2.05) is 0 Å². The molecule has 0 spiro atoms. The van der Waals surface area contributed by atoms with Gasteiger partial charge < -0.3 is 14.2 Å². The third-order valence-electron chi connectivity index (χ3n) is 2.11. The van der Waals surface area contributed by atoms with Crippen LogP contribution in [0.1, 0.15) is 0 Å². The van der Waals surface area contributed by atoms with Crippen LogP contribution < -0.4 is 4.74 Å². The first-order valence-corrected chi connectivity index (χ1v) is 5.21. The Bertz CT molecular complexity index is 541. The summed E-state index contributed by atoms with van der Waals surface area (Å²) in [6.07, 6.45) is 1.26. The van der Waals surface area contributed by atoms with Crippen LogP contribution in [0.4, 0.5) is 8.78 Å². The van der Waals surface area contributed by atoms with E-state index in [1.54, 1.807) is 0 Å². The number of hydrogen-bond donors (Lipinski definition) is 0. The van der Waals surface area contributed by atoms with Gasteiger partial charge in [0, 0.05) is 18.2 Å². The Balaban J connectivity index is 1.83. The average molecular weight is 270 g/mol. The van der Waals surface area contributed by atoms with E-state index in [1.165, 1.54) is 6.08 Å². The van der Waals surface area contributed by atoms with Gasteiger partial charge in [-0.15, -0.1) is 0 Å². The molecule has 100 valence electrons. The van der Waals surface area contributed by atoms with Crippen molar-refractivity contribution in [2.24, 2.45) is 0 Å². The van der Waals surface area contributed by atoms with Gasteiger partial charge in [0.1, 0.15) is 5.82 Å². The van der Waals surface area contributed by atoms with Crippen LogP contribution in [0.3, 0.4) is 0 Å². The molecule has 0 saturated carbocycles. The SMILES string of the molecule is O=C1C=CC(OC(=O)COc2ccc(F)cc2F)O1. The summed E-state index contributed by atoms with van der Waals surface area (Å²) >= 11 is 0. The first kappa shape index (κ1) is 13.0. The molecule has 2 rings (SSSR count). The number of carbonyl (C=O) groups excluding carboxylic acids is 2. The van der Waals surface area contributed by atoms with Crippen LogP contribution in [0.25, 0.3) is 0 Å². The molecule has 0 fully saturated rings. The zero-order valence-corrected chi connectivity index (χ0v) is 9.47. The highest BCUT2D eigenvalue weighted by Crippen LogP contribution is 2.17. The quantitative estimate of drug-likeness (QED) is 0.772. The van der Waals surface area contributed by atoms with Gasteiger partial charge in [0.25, 0.3) is 6.29 Å². The van der Waals surface area contributed by atoms with E-state index in [2.05, 4.69) is 9.47 Å². The van der Waals surface area contributed by atoms with Crippen molar-refractivity contribution >= 4 is 11.9 Å². The molecule has 1 heterocycles. The lowest BCUT2D eigenvalue weighted by atomic mass is 10.3. The Morgan fingerprint density at radius 3 is 2.79 bits per heavy atom. The Labute approximate surface area is 106 Å². The van der Waals surface area contributed by atoms with Gasteiger partial charge in [-0.1, -0.05) is 0 Å². The van der Waals surface area contributed by atoms with Gasteiger partial charge in [-0.25, -0.2) is 18.4 Å². The molecule has 0 radical (unpaired) electrons. The molecule has 0 saturated heterocycles. The summed E-state index contributed by atoms with van der Waals surface area (Å²) in [6, 6.07) is 2.67. The van der Waals surface area contributed by atoms with Gasteiger partial charge in [0.05, 0.1) is 0 Å². The summed E-state index contributed by atoms with van der Waals surface area (Å²) in [5.74, 6) is -3.44. The largest absolute Gasteiger partial charge is 0.479 e. The standard InChI is InChI=1S/C12H8F2O5/c13-7-1-2-9(8(14)5-7)17-6-11(16)19-12-4-3-10(15)18-12/h1-5,12H,6H2. The Morgan fingerprint density at radius 1 is 1.37 bits per heavy atom. The molecule has 1 aliphatic rings. The lowest BCUT2D eigenvalue weighted by Crippen LogP contribution is -2.22. The molecule has 0 amide bonds. The maximum Gasteiger partial charge on any atom is 0.347 e. The minimum absolute atomic E-state index is 0.280. The Hall–Kier alpha value is -2.44. The van der Waals surface area contributed by atoms with Gasteiger partial charge in [-0.2, -0.15) is 0 Å². The molecule has 0 aromatic heterocycles. The zero-order chi connectivity index (χ0) is 13.8. The monoisotopic (exact) mass is 270 g/mol. The lowest BCUT2D eigenvalue weighted by molar-refractivity contribution is -0.174. The molecule has 19 heavy (non-hydrogen) atoms. The fraction of sp³-hybridized carbons (Fsp3) is 0.167. The minimum atomic E-state index is -1.10. The predicted octanol–water partition coefficient (Wildman–Crippen LogP) is 1.33. The normalized spacial score (nSPS) is 17.2. The van der Waals surface area contributed by atoms with Crippen LogP contribution in [0, 0.1) is 11.6 Å². The van der Waals surface area contributed by atoms with E-state index in [-0.39, 0.29) is 5.75 Å². The first-order chi connectivity index (χ1) is 9.04. The van der Waals surface area contributed by atoms with Crippen molar-refractivity contribution in [2.45, 2.75) is 6.29 Å². The topological polar surface area (TPSA) is 61.8 Å². The van der Waals surface area contributed by atoms with Crippen LogP contribution in [0.2, 0.25) is 0 Å². The van der Waals surface area contributed by atoms with Crippen LogP contribution in [-0.4, -0.2) is 24.8 Å². The fourth-order valence-corrected chi connectivity index (χ4v) is 1.31. The van der Waals surface area contributed by atoms with Crippen molar-refractivity contribution in [3.05, 3.63) is 42.0 Å². The fourth-order valence-electron chi connectivity index (χ4n) is 1.31. The molecule has 5 nitrogen and oxygen atoms in total. The number of hydrogen-bond acceptors (Lipinski definition) is 5. The van der Waals surface area contributed by atoms with E-state index in [0.29, 0.717) is 6.07 Å². The van der Waals surface area contributed by atoms with E-state index < -0.39 is 36.5 Å². The molecular weight excluding hydrogens is 262 g/mol. The molecule has 1 unspecified atom stereocenters. The second-order valence-electron chi connectivity index (χ2n) is 3.52. The molecule has 0 N–H and O–H groups in total. The van der Waals surface area contributed by atoms with Crippen molar-refractivity contribution in [1.82, 2.24) is 0 Å². The van der Waals surface area contributed by atoms with E-state index in [9.17, 15) is 18.4 Å². The maximum absolute atomic E-state index is 13.2. The predicted molar refractivity (Wildman–Crippen MR) is 57.0 cm³/mol. The van der Waals surface area contributed by atoms with Crippen molar-refractivity contribution < 1.29 is 32.6 Å². The molecule has 0 bridgehead atoms. The van der Waals surface area contributed by atoms with Gasteiger partial charge in [-0.05, 0) is 12.1 Å². The molecule has 1 aromatic rings. The smallest absolute Gasteiger partial charge is 0.347 e. The summed E-state index contributed by atoms with van der Waals surface area (Å²) in [6.45, 7) is -0.593. The zero-order valence-electron chi connectivity index (χ0n) is 9.47. The minimum Gasteiger partial charge on any atom is -0.479 e. The van der Waals surface area contributed by atoms with Crippen molar-refractivity contribution in [3.63, 3.8) is 0 Å². The first-order valence-electron chi connectivity index (χ1n) is 5.21. The van der Waals surface area contributed by atoms with Gasteiger partial charge in [0.2, 0.25) is 0 Å². The molecule has 1 aliphatic heterocycles. The van der Waals surface area contributed by atoms with Crippen molar-refractivity contribution in [1.29, 1.82) is 0 Å². The molecule has 1 atom stereocenters. The average Bonchev–Trinajstić information content (AvgIpc) is 2.73. The molecule has 0 aliphatic carbocycles. The van der Waals surface area contributed by atoms with Crippen molar-refractivity contribution in [2.75, 3.05) is 6.61 Å². The highest BCUT2D eigenvalue weighted by molar-refractivity contribution is 5.84. The summed E-state index contributed by atoms with van der Waals surface area (Å²) in [4.78, 5) is 22.0. The van der Waals surface area contributed by atoms with Crippen LogP contribution in [0.15, 0.2) is 30.4 Å². The second-order valence-corrected chi connectivity index (χ2v) is 3.52. The van der Waals surface area contributed by atoms with E-state index in [4.69, 9.17) is 4.74 Å². The van der Waals surface area contributed by atoms with Crippen molar-refractivity contribution in [3.8, 4) is 5.75 Å². The summed E-state index contributed by atoms with van der Waals surface area (Å²) in [7, 11) is 0. The number of benzene rings is 1. The summed E-state index contributed by atoms with van der Waals surface area (Å²) < 4.78 is 39.8. The number of ether oxygens (including phenoxy) is 3. The third kappa shape index (κ3) is 3.51. The number of cyclic esters (lactones) is 1. The number of carbonyl (C=O) groups is 2. The highest BCUT2D eigenvalue weighted by Gasteiger charge is 2.21. The highest BCUT2D eigenvalue weighted by atomic mass is 19.1. The van der Waals surface area contributed by atoms with Crippen LogP contribution in [0.5, 0.6) is 5.75 Å². The van der Waals surface area contributed by atoms with E-state index in [0.717, 1.165) is 18.2 Å². The van der Waals surface area contributed by atoms with Crippen LogP contribution >= 0.6 is 0 Å². The maximum atomic E-state index is 13.2. The second kappa shape index (κ2) is 5.47. The van der Waals surface area contributed by atoms with Crippen LogP contribution in [-0.2, 0) is 19.1 Å². The lowest BCUT2D eigenvalue weighted by Gasteiger charge is -2.11. The Morgan fingerprint density at radius 2 is 2.16 bits per heavy atom. The van der Waals surface area contributed by atoms with Gasteiger partial charge in [-0.3, -0.25) is 0 Å². The third-order valence-corrected chi connectivity index (χ3v) is 2.11. The van der Waals surface area contributed by atoms with E-state index >= 15 is 0 Å². The number of esters is 2. The van der Waals surface area contributed by atoms with Gasteiger partial charge in [0.15, 0.2) is 18.2 Å². The number of rotatable bonds is 4. The Kier molecular flexibility index (Phi) is 3.74. The number of halogens is 2. The molecule has 7 heteroatoms. The molecule has 1 aromatic carbocycles. The summed E-state index contributed by atoms with van der Waals surface area (Å²) in [5.41, 5.74) is 0.